The standard InChI is InChI=1S/C33H40N4O4/c1-9-16-36(32(39)30-22(3)17-21(2)18-23(30)4)20-29-34-27-19-24(31(38)35-41-33(5,6)7)10-15-28(27)37(29)25-11-13-26(40-8)14-12-25/h10-15,17-19H,9,16,20H2,1-8H3,(H,35,38). The van der Waals surface area contributed by atoms with E-state index in [0.29, 0.717) is 30.0 Å². The molecule has 0 bridgehead atoms. The molecule has 0 aliphatic rings. The molecule has 1 aromatic heterocycles. The van der Waals surface area contributed by atoms with E-state index in [1.807, 2.05) is 93.5 Å². The maximum atomic E-state index is 13.9. The molecule has 8 nitrogen and oxygen atoms in total. The monoisotopic (exact) mass is 556 g/mol. The summed E-state index contributed by atoms with van der Waals surface area (Å²) < 4.78 is 7.40. The van der Waals surface area contributed by atoms with Gasteiger partial charge in [-0.05, 0) is 102 Å². The Morgan fingerprint density at radius 3 is 2.22 bits per heavy atom. The summed E-state index contributed by atoms with van der Waals surface area (Å²) in [6, 6.07) is 17.2. The molecule has 0 spiro atoms. The Balaban J connectivity index is 1.79. The molecule has 0 aliphatic carbocycles. The van der Waals surface area contributed by atoms with E-state index in [1.54, 1.807) is 19.2 Å². The van der Waals surface area contributed by atoms with Crippen molar-refractivity contribution in [3.8, 4) is 11.4 Å². The number of hydroxylamine groups is 1. The molecule has 0 atom stereocenters. The van der Waals surface area contributed by atoms with E-state index in [0.717, 1.165) is 45.6 Å². The molecule has 0 saturated carbocycles. The SMILES string of the molecule is CCCN(Cc1nc2cc(C(=O)NOC(C)(C)C)ccc2n1-c1ccc(OC)cc1)C(=O)c1c(C)cc(C)cc1C. The Kier molecular flexibility index (Phi) is 8.83. The Bertz CT molecular complexity index is 1540. The van der Waals surface area contributed by atoms with Gasteiger partial charge < -0.3 is 9.64 Å². The van der Waals surface area contributed by atoms with E-state index in [-0.39, 0.29) is 11.8 Å². The Hall–Kier alpha value is -4.17. The molecule has 0 fully saturated rings. The number of aryl methyl sites for hydroxylation is 3. The summed E-state index contributed by atoms with van der Waals surface area (Å²) >= 11 is 0. The van der Waals surface area contributed by atoms with Crippen molar-refractivity contribution in [3.05, 3.63) is 88.2 Å². The van der Waals surface area contributed by atoms with Crippen molar-refractivity contribution in [1.82, 2.24) is 19.9 Å². The van der Waals surface area contributed by atoms with Gasteiger partial charge in [0.1, 0.15) is 11.6 Å². The molecular weight excluding hydrogens is 516 g/mol. The zero-order valence-electron chi connectivity index (χ0n) is 25.3. The molecule has 0 radical (unpaired) electrons. The summed E-state index contributed by atoms with van der Waals surface area (Å²) in [6.45, 7) is 14.5. The second kappa shape index (κ2) is 12.1. The maximum absolute atomic E-state index is 13.9. The zero-order valence-corrected chi connectivity index (χ0v) is 25.3. The Labute approximate surface area is 242 Å². The van der Waals surface area contributed by atoms with Crippen LogP contribution in [0, 0.1) is 20.8 Å². The van der Waals surface area contributed by atoms with Gasteiger partial charge >= 0.3 is 0 Å². The van der Waals surface area contributed by atoms with Crippen LogP contribution >= 0.6 is 0 Å². The van der Waals surface area contributed by atoms with Crippen molar-refractivity contribution >= 4 is 22.8 Å². The summed E-state index contributed by atoms with van der Waals surface area (Å²) in [4.78, 5) is 39.1. The number of imidazole rings is 1. The van der Waals surface area contributed by atoms with Gasteiger partial charge in [-0.3, -0.25) is 19.0 Å². The summed E-state index contributed by atoms with van der Waals surface area (Å²) in [6.07, 6.45) is 0.802. The molecule has 4 rings (SSSR count). The fourth-order valence-corrected chi connectivity index (χ4v) is 5.02. The summed E-state index contributed by atoms with van der Waals surface area (Å²) in [7, 11) is 1.63. The van der Waals surface area contributed by atoms with Crippen LogP contribution in [0.2, 0.25) is 0 Å². The molecule has 0 aliphatic heterocycles. The Morgan fingerprint density at radius 2 is 1.63 bits per heavy atom. The van der Waals surface area contributed by atoms with Crippen molar-refractivity contribution in [2.45, 2.75) is 67.0 Å². The van der Waals surface area contributed by atoms with Crippen molar-refractivity contribution in [3.63, 3.8) is 0 Å². The van der Waals surface area contributed by atoms with E-state index in [1.165, 1.54) is 0 Å². The molecule has 0 unspecified atom stereocenters. The highest BCUT2D eigenvalue weighted by molar-refractivity contribution is 5.98. The number of hydrogen-bond donors (Lipinski definition) is 1. The van der Waals surface area contributed by atoms with Crippen LogP contribution in [0.3, 0.4) is 0 Å². The second-order valence-electron chi connectivity index (χ2n) is 11.4. The second-order valence-corrected chi connectivity index (χ2v) is 11.4. The number of ether oxygens (including phenoxy) is 1. The number of fused-ring (bicyclic) bond motifs is 1. The van der Waals surface area contributed by atoms with Crippen LogP contribution in [0.1, 0.15) is 77.3 Å². The van der Waals surface area contributed by atoms with Crippen LogP contribution in [0.25, 0.3) is 16.7 Å². The molecule has 41 heavy (non-hydrogen) atoms. The number of hydrogen-bond acceptors (Lipinski definition) is 5. The lowest BCUT2D eigenvalue weighted by Gasteiger charge is -2.24. The first-order chi connectivity index (χ1) is 19.4. The van der Waals surface area contributed by atoms with Crippen molar-refractivity contribution < 1.29 is 19.2 Å². The molecular formula is C33H40N4O4. The van der Waals surface area contributed by atoms with E-state index in [2.05, 4.69) is 12.4 Å². The average molecular weight is 557 g/mol. The van der Waals surface area contributed by atoms with Gasteiger partial charge in [-0.2, -0.15) is 0 Å². The van der Waals surface area contributed by atoms with E-state index in [4.69, 9.17) is 14.6 Å². The number of carbonyl (C=O) groups is 2. The average Bonchev–Trinajstić information content (AvgIpc) is 3.27. The van der Waals surface area contributed by atoms with Crippen LogP contribution < -0.4 is 10.2 Å². The summed E-state index contributed by atoms with van der Waals surface area (Å²) in [5, 5.41) is 0. The fourth-order valence-electron chi connectivity index (χ4n) is 5.02. The summed E-state index contributed by atoms with van der Waals surface area (Å²) in [5.41, 5.74) is 8.57. The predicted octanol–water partition coefficient (Wildman–Crippen LogP) is 6.47. The molecule has 1 heterocycles. The van der Waals surface area contributed by atoms with Gasteiger partial charge in [0.2, 0.25) is 0 Å². The van der Waals surface area contributed by atoms with Gasteiger partial charge in [-0.15, -0.1) is 0 Å². The quantitative estimate of drug-likeness (QED) is 0.239. The highest BCUT2D eigenvalue weighted by Gasteiger charge is 2.24. The number of rotatable bonds is 9. The first-order valence-electron chi connectivity index (χ1n) is 13.9. The number of benzene rings is 3. The number of nitrogens with one attached hydrogen (secondary N) is 1. The molecule has 3 aromatic carbocycles. The first kappa shape index (κ1) is 29.8. The van der Waals surface area contributed by atoms with E-state index >= 15 is 0 Å². The van der Waals surface area contributed by atoms with Crippen LogP contribution in [-0.2, 0) is 11.4 Å². The molecule has 2 amide bonds. The number of carbonyl (C=O) groups excluding carboxylic acids is 2. The smallest absolute Gasteiger partial charge is 0.274 e. The molecule has 4 aromatic rings. The van der Waals surface area contributed by atoms with Crippen molar-refractivity contribution in [2.75, 3.05) is 13.7 Å². The molecule has 1 N–H and O–H groups in total. The van der Waals surface area contributed by atoms with Gasteiger partial charge in [0.15, 0.2) is 0 Å². The normalized spacial score (nSPS) is 11.5. The molecule has 0 saturated heterocycles. The Morgan fingerprint density at radius 1 is 0.976 bits per heavy atom. The highest BCUT2D eigenvalue weighted by atomic mass is 16.7. The maximum Gasteiger partial charge on any atom is 0.274 e. The minimum absolute atomic E-state index is 0.0189. The van der Waals surface area contributed by atoms with Crippen LogP contribution in [-0.4, -0.2) is 45.5 Å². The summed E-state index contributed by atoms with van der Waals surface area (Å²) in [5.74, 6) is 1.06. The highest BCUT2D eigenvalue weighted by Crippen LogP contribution is 2.27. The van der Waals surface area contributed by atoms with Crippen LogP contribution in [0.15, 0.2) is 54.6 Å². The third-order valence-corrected chi connectivity index (χ3v) is 6.77. The number of nitrogens with zero attached hydrogens (tertiary/aromatic N) is 3. The number of aromatic nitrogens is 2. The van der Waals surface area contributed by atoms with Crippen molar-refractivity contribution in [1.29, 1.82) is 0 Å². The number of amides is 2. The van der Waals surface area contributed by atoms with Gasteiger partial charge in [0.05, 0.1) is 30.3 Å². The van der Waals surface area contributed by atoms with E-state index < -0.39 is 5.60 Å². The third kappa shape index (κ3) is 6.77. The minimum Gasteiger partial charge on any atom is -0.497 e. The fraction of sp³-hybridized carbons (Fsp3) is 0.364. The lowest BCUT2D eigenvalue weighted by molar-refractivity contribution is -0.0589. The van der Waals surface area contributed by atoms with E-state index in [9.17, 15) is 9.59 Å². The number of methoxy groups -OCH3 is 1. The van der Waals surface area contributed by atoms with Gasteiger partial charge in [-0.1, -0.05) is 24.6 Å². The zero-order chi connectivity index (χ0) is 29.9. The minimum atomic E-state index is -0.522. The topological polar surface area (TPSA) is 85.7 Å². The van der Waals surface area contributed by atoms with Gasteiger partial charge in [0, 0.05) is 23.4 Å². The first-order valence-corrected chi connectivity index (χ1v) is 13.9. The van der Waals surface area contributed by atoms with Crippen LogP contribution in [0.4, 0.5) is 0 Å². The predicted molar refractivity (Wildman–Crippen MR) is 162 cm³/mol. The van der Waals surface area contributed by atoms with Crippen molar-refractivity contribution in [2.24, 2.45) is 0 Å². The van der Waals surface area contributed by atoms with Gasteiger partial charge in [-0.25, -0.2) is 10.5 Å². The molecule has 216 valence electrons. The third-order valence-electron chi connectivity index (χ3n) is 6.77. The molecule has 8 heteroatoms. The van der Waals surface area contributed by atoms with Gasteiger partial charge in [0.25, 0.3) is 11.8 Å². The lowest BCUT2D eigenvalue weighted by Crippen LogP contribution is -2.33. The largest absolute Gasteiger partial charge is 0.497 e. The lowest BCUT2D eigenvalue weighted by atomic mass is 9.98. The van der Waals surface area contributed by atoms with Crippen LogP contribution in [0.5, 0.6) is 5.75 Å².